The Balaban J connectivity index is 2.78. The van der Waals surface area contributed by atoms with E-state index in [0.717, 1.165) is 31.1 Å². The van der Waals surface area contributed by atoms with E-state index < -0.39 is 50.1 Å². The summed E-state index contributed by atoms with van der Waals surface area (Å²) in [4.78, 5) is 63.6. The van der Waals surface area contributed by atoms with Crippen molar-refractivity contribution in [1.82, 2.24) is 35.6 Å². The van der Waals surface area contributed by atoms with Gasteiger partial charge in [-0.1, -0.05) is 0 Å². The standard InChI is InChI=1S/C22H41N7O9/c30-18(29-7-5-24-3-1-23-2-4-25-6-8-29)13-27(15-20(33)34)11-9-26(14-19(31)32)10-12-28(16-21(35)36)17-22(37)38/h23-25H,1-17H2,(H,31,32)(H,33,34)(H,35,36)(H,37,38). The summed E-state index contributed by atoms with van der Waals surface area (Å²) in [7, 11) is 0. The first-order valence-corrected chi connectivity index (χ1v) is 12.5. The molecule has 0 saturated carbocycles. The number of hydrogen-bond donors (Lipinski definition) is 7. The maximum absolute atomic E-state index is 13.0. The summed E-state index contributed by atoms with van der Waals surface area (Å²) in [5.41, 5.74) is 0. The second-order valence-electron chi connectivity index (χ2n) is 8.90. The predicted molar refractivity (Wildman–Crippen MR) is 135 cm³/mol. The van der Waals surface area contributed by atoms with Crippen LogP contribution in [0.4, 0.5) is 0 Å². The van der Waals surface area contributed by atoms with Crippen LogP contribution < -0.4 is 16.0 Å². The first-order valence-electron chi connectivity index (χ1n) is 12.5. The molecule has 1 fully saturated rings. The minimum absolute atomic E-state index is 0.0208. The number of carboxylic acid groups (broad SMARTS) is 4. The fraction of sp³-hybridized carbons (Fsp3) is 0.773. The van der Waals surface area contributed by atoms with Gasteiger partial charge < -0.3 is 41.3 Å². The van der Waals surface area contributed by atoms with E-state index in [1.807, 2.05) is 0 Å². The molecule has 16 nitrogen and oxygen atoms in total. The van der Waals surface area contributed by atoms with E-state index >= 15 is 0 Å². The highest BCUT2D eigenvalue weighted by Gasteiger charge is 2.21. The van der Waals surface area contributed by atoms with Crippen molar-refractivity contribution in [3.05, 3.63) is 0 Å². The van der Waals surface area contributed by atoms with Crippen LogP contribution in [0.1, 0.15) is 0 Å². The lowest BCUT2D eigenvalue weighted by atomic mass is 10.3. The molecule has 0 spiro atoms. The normalized spacial score (nSPS) is 15.7. The third-order valence-electron chi connectivity index (χ3n) is 5.69. The lowest BCUT2D eigenvalue weighted by molar-refractivity contribution is -0.143. The van der Waals surface area contributed by atoms with E-state index in [1.54, 1.807) is 4.90 Å². The van der Waals surface area contributed by atoms with Crippen molar-refractivity contribution < 1.29 is 44.4 Å². The summed E-state index contributed by atoms with van der Waals surface area (Å²) in [5, 5.41) is 46.4. The van der Waals surface area contributed by atoms with Crippen molar-refractivity contribution in [2.45, 2.75) is 0 Å². The number of carbonyl (C=O) groups excluding carboxylic acids is 1. The molecule has 1 rings (SSSR count). The maximum atomic E-state index is 13.0. The number of aliphatic carboxylic acids is 4. The molecule has 218 valence electrons. The molecule has 0 aromatic carbocycles. The monoisotopic (exact) mass is 547 g/mol. The second-order valence-corrected chi connectivity index (χ2v) is 8.90. The zero-order valence-corrected chi connectivity index (χ0v) is 21.6. The second kappa shape index (κ2) is 19.2. The fourth-order valence-corrected chi connectivity index (χ4v) is 3.84. The Morgan fingerprint density at radius 1 is 0.500 bits per heavy atom. The molecule has 0 radical (unpaired) electrons. The smallest absolute Gasteiger partial charge is 0.317 e. The quantitative estimate of drug-likeness (QED) is 0.0976. The van der Waals surface area contributed by atoms with E-state index in [-0.39, 0.29) is 38.6 Å². The molecule has 1 amide bonds. The van der Waals surface area contributed by atoms with Gasteiger partial charge in [0.25, 0.3) is 0 Å². The number of rotatable bonds is 16. The van der Waals surface area contributed by atoms with Crippen LogP contribution in [0.2, 0.25) is 0 Å². The largest absolute Gasteiger partial charge is 0.480 e. The zero-order valence-electron chi connectivity index (χ0n) is 21.6. The van der Waals surface area contributed by atoms with Crippen LogP contribution in [-0.4, -0.2) is 181 Å². The molecule has 38 heavy (non-hydrogen) atoms. The van der Waals surface area contributed by atoms with Crippen LogP contribution in [0.25, 0.3) is 0 Å². The van der Waals surface area contributed by atoms with Crippen LogP contribution in [0.5, 0.6) is 0 Å². The van der Waals surface area contributed by atoms with Crippen LogP contribution in [-0.2, 0) is 24.0 Å². The number of hydrogen-bond acceptors (Lipinski definition) is 11. The number of nitrogens with zero attached hydrogens (tertiary/aromatic N) is 4. The molecule has 16 heteroatoms. The lowest BCUT2D eigenvalue weighted by Crippen LogP contribution is -2.49. The summed E-state index contributed by atoms with van der Waals surface area (Å²) in [6, 6.07) is 0. The fourth-order valence-electron chi connectivity index (χ4n) is 3.84. The molecule has 0 aromatic rings. The van der Waals surface area contributed by atoms with Crippen LogP contribution in [0, 0.1) is 0 Å². The molecule has 1 heterocycles. The molecule has 0 atom stereocenters. The van der Waals surface area contributed by atoms with E-state index in [0.29, 0.717) is 26.2 Å². The van der Waals surface area contributed by atoms with Crippen LogP contribution in [0.3, 0.4) is 0 Å². The minimum Gasteiger partial charge on any atom is -0.480 e. The van der Waals surface area contributed by atoms with Crippen molar-refractivity contribution in [3.8, 4) is 0 Å². The summed E-state index contributed by atoms with van der Waals surface area (Å²) >= 11 is 0. The van der Waals surface area contributed by atoms with Gasteiger partial charge in [-0.05, 0) is 0 Å². The first kappa shape index (κ1) is 33.1. The van der Waals surface area contributed by atoms with E-state index in [2.05, 4.69) is 16.0 Å². The van der Waals surface area contributed by atoms with Gasteiger partial charge in [-0.15, -0.1) is 0 Å². The van der Waals surface area contributed by atoms with Crippen molar-refractivity contribution in [3.63, 3.8) is 0 Å². The van der Waals surface area contributed by atoms with Gasteiger partial charge in [-0.2, -0.15) is 0 Å². The predicted octanol–water partition coefficient (Wildman–Crippen LogP) is -4.16. The van der Waals surface area contributed by atoms with Gasteiger partial charge in [0.2, 0.25) is 5.91 Å². The average Bonchev–Trinajstić information content (AvgIpc) is 2.79. The van der Waals surface area contributed by atoms with Crippen molar-refractivity contribution >= 4 is 29.8 Å². The Kier molecular flexibility index (Phi) is 16.8. The van der Waals surface area contributed by atoms with Crippen LogP contribution in [0.15, 0.2) is 0 Å². The lowest BCUT2D eigenvalue weighted by Gasteiger charge is -2.29. The maximum Gasteiger partial charge on any atom is 0.317 e. The van der Waals surface area contributed by atoms with Gasteiger partial charge in [-0.3, -0.25) is 38.7 Å². The van der Waals surface area contributed by atoms with Crippen molar-refractivity contribution in [2.24, 2.45) is 0 Å². The molecule has 1 aliphatic heterocycles. The first-order chi connectivity index (χ1) is 18.1. The van der Waals surface area contributed by atoms with Gasteiger partial charge >= 0.3 is 23.9 Å². The highest BCUT2D eigenvalue weighted by Crippen LogP contribution is 1.99. The minimum atomic E-state index is -1.22. The molecule has 7 N–H and O–H groups in total. The summed E-state index contributed by atoms with van der Waals surface area (Å²) in [6.45, 7) is 3.31. The summed E-state index contributed by atoms with van der Waals surface area (Å²) < 4.78 is 0. The Bertz CT molecular complexity index is 743. The van der Waals surface area contributed by atoms with Gasteiger partial charge in [0.1, 0.15) is 0 Å². The van der Waals surface area contributed by atoms with Gasteiger partial charge in [0, 0.05) is 78.5 Å². The van der Waals surface area contributed by atoms with Crippen molar-refractivity contribution in [1.29, 1.82) is 0 Å². The summed E-state index contributed by atoms with van der Waals surface area (Å²) in [6.07, 6.45) is 0. The third kappa shape index (κ3) is 16.8. The van der Waals surface area contributed by atoms with Gasteiger partial charge in [0.05, 0.1) is 32.7 Å². The summed E-state index contributed by atoms with van der Waals surface area (Å²) in [5.74, 6) is -4.97. The highest BCUT2D eigenvalue weighted by molar-refractivity contribution is 5.79. The Morgan fingerprint density at radius 3 is 1.21 bits per heavy atom. The molecule has 0 unspecified atom stereocenters. The van der Waals surface area contributed by atoms with Crippen LogP contribution >= 0.6 is 0 Å². The van der Waals surface area contributed by atoms with Crippen molar-refractivity contribution in [2.75, 3.05) is 111 Å². The number of carboxylic acids is 4. The SMILES string of the molecule is O=C(O)CN(CCN(CC(=O)O)CC(=O)O)CCN(CC(=O)O)CC(=O)N1CCNCCNCCNCC1. The van der Waals surface area contributed by atoms with E-state index in [1.165, 1.54) is 9.80 Å². The molecule has 0 aliphatic carbocycles. The third-order valence-corrected chi connectivity index (χ3v) is 5.69. The molecule has 1 aliphatic rings. The Labute approximate surface area is 221 Å². The Hall–Kier alpha value is -2.89. The molecule has 0 aromatic heterocycles. The zero-order chi connectivity index (χ0) is 28.3. The van der Waals surface area contributed by atoms with Gasteiger partial charge in [-0.25, -0.2) is 0 Å². The average molecular weight is 548 g/mol. The molecule has 1 saturated heterocycles. The Morgan fingerprint density at radius 2 is 0.816 bits per heavy atom. The highest BCUT2D eigenvalue weighted by atomic mass is 16.4. The number of nitrogens with one attached hydrogen (secondary N) is 3. The molecular formula is C22H41N7O9. The van der Waals surface area contributed by atoms with E-state index in [4.69, 9.17) is 10.2 Å². The van der Waals surface area contributed by atoms with Gasteiger partial charge in [0.15, 0.2) is 0 Å². The topological polar surface area (TPSA) is 215 Å². The van der Waals surface area contributed by atoms with E-state index in [9.17, 15) is 34.2 Å². The number of amides is 1. The molecule has 0 bridgehead atoms. The molecular weight excluding hydrogens is 506 g/mol. The number of carbonyl (C=O) groups is 5.